The summed E-state index contributed by atoms with van der Waals surface area (Å²) in [5, 5.41) is 10.6. The molecule has 2 rings (SSSR count). The van der Waals surface area contributed by atoms with Crippen molar-refractivity contribution in [3.05, 3.63) is 70.8 Å². The van der Waals surface area contributed by atoms with Crippen LogP contribution >= 0.6 is 11.6 Å². The van der Waals surface area contributed by atoms with E-state index in [4.69, 9.17) is 17.0 Å². The molecule has 0 aliphatic heterocycles. The molecule has 0 aliphatic carbocycles. The van der Waals surface area contributed by atoms with Gasteiger partial charge in [-0.05, 0) is 49.0 Å². The average Bonchev–Trinajstić information content (AvgIpc) is 2.79. The van der Waals surface area contributed by atoms with E-state index in [0.717, 1.165) is 19.6 Å². The standard InChI is InChI=1S/C24H28ClF3N4O/c1-4-32(5-2)15-14-31(3)23(33)18-12-10-17(11-13-18)21(16-22(29)24(26,27)28)30-20-9-7-6-8-19(20)25/h6-13,16,29-30H,4-5,14-15H2,1-3H3/b21-16-,29-22?. The molecule has 0 saturated heterocycles. The Balaban J connectivity index is 2.26. The summed E-state index contributed by atoms with van der Waals surface area (Å²) in [5.74, 6) is -0.179. The molecule has 33 heavy (non-hydrogen) atoms. The van der Waals surface area contributed by atoms with Crippen molar-refractivity contribution in [1.29, 1.82) is 5.41 Å². The quantitative estimate of drug-likeness (QED) is 0.423. The van der Waals surface area contributed by atoms with E-state index in [0.29, 0.717) is 34.5 Å². The number of benzene rings is 2. The van der Waals surface area contributed by atoms with Crippen molar-refractivity contribution in [1.82, 2.24) is 9.80 Å². The van der Waals surface area contributed by atoms with E-state index in [1.807, 2.05) is 0 Å². The van der Waals surface area contributed by atoms with E-state index in [2.05, 4.69) is 24.1 Å². The first-order valence-electron chi connectivity index (χ1n) is 10.5. The molecule has 2 aromatic carbocycles. The van der Waals surface area contributed by atoms with Crippen LogP contribution in [-0.4, -0.2) is 60.8 Å². The van der Waals surface area contributed by atoms with E-state index in [1.54, 1.807) is 60.5 Å². The number of likely N-dealkylation sites (N-methyl/N-ethyl adjacent to an activating group) is 2. The average molecular weight is 481 g/mol. The molecule has 0 aromatic heterocycles. The van der Waals surface area contributed by atoms with Gasteiger partial charge in [-0.2, -0.15) is 13.2 Å². The Hall–Kier alpha value is -2.84. The van der Waals surface area contributed by atoms with Gasteiger partial charge in [0.25, 0.3) is 5.91 Å². The van der Waals surface area contributed by atoms with Gasteiger partial charge >= 0.3 is 6.18 Å². The Morgan fingerprint density at radius 1 is 1.03 bits per heavy atom. The van der Waals surface area contributed by atoms with Gasteiger partial charge in [-0.15, -0.1) is 0 Å². The van der Waals surface area contributed by atoms with E-state index in [-0.39, 0.29) is 11.6 Å². The number of hydrogen-bond acceptors (Lipinski definition) is 4. The van der Waals surface area contributed by atoms with Gasteiger partial charge in [0.05, 0.1) is 10.7 Å². The molecule has 9 heteroatoms. The van der Waals surface area contributed by atoms with Crippen LogP contribution in [0, 0.1) is 5.41 Å². The second kappa shape index (κ2) is 11.9. The van der Waals surface area contributed by atoms with E-state index >= 15 is 0 Å². The summed E-state index contributed by atoms with van der Waals surface area (Å²) in [6.07, 6.45) is -4.09. The Kier molecular flexibility index (Phi) is 9.49. The number of carbonyl (C=O) groups is 1. The largest absolute Gasteiger partial charge is 0.432 e. The molecule has 2 aromatic rings. The summed E-state index contributed by atoms with van der Waals surface area (Å²) in [7, 11) is 1.72. The zero-order valence-corrected chi connectivity index (χ0v) is 19.6. The van der Waals surface area contributed by atoms with Crippen LogP contribution in [0.1, 0.15) is 29.8 Å². The number of para-hydroxylation sites is 1. The summed E-state index contributed by atoms with van der Waals surface area (Å²) >= 11 is 6.14. The first kappa shape index (κ1) is 26.4. The normalized spacial score (nSPS) is 12.1. The fraction of sp³-hybridized carbons (Fsp3) is 0.333. The first-order chi connectivity index (χ1) is 15.6. The molecule has 0 bridgehead atoms. The van der Waals surface area contributed by atoms with Crippen LogP contribution in [0.15, 0.2) is 54.6 Å². The predicted octanol–water partition coefficient (Wildman–Crippen LogP) is 5.79. The molecule has 0 unspecified atom stereocenters. The monoisotopic (exact) mass is 480 g/mol. The minimum Gasteiger partial charge on any atom is -0.354 e. The minimum atomic E-state index is -4.79. The molecule has 0 heterocycles. The van der Waals surface area contributed by atoms with E-state index < -0.39 is 11.9 Å². The maximum Gasteiger partial charge on any atom is 0.432 e. The summed E-state index contributed by atoms with van der Waals surface area (Å²) in [6.45, 7) is 7.22. The predicted molar refractivity (Wildman–Crippen MR) is 128 cm³/mol. The van der Waals surface area contributed by atoms with Crippen molar-refractivity contribution in [2.24, 2.45) is 0 Å². The van der Waals surface area contributed by atoms with Gasteiger partial charge < -0.3 is 15.1 Å². The van der Waals surface area contributed by atoms with Gasteiger partial charge in [0.1, 0.15) is 5.71 Å². The molecule has 5 nitrogen and oxygen atoms in total. The molecular formula is C24H28ClF3N4O. The number of carbonyl (C=O) groups excluding carboxylic acids is 1. The molecule has 2 N–H and O–H groups in total. The Morgan fingerprint density at radius 3 is 2.15 bits per heavy atom. The van der Waals surface area contributed by atoms with Crippen molar-refractivity contribution in [2.75, 3.05) is 38.5 Å². The van der Waals surface area contributed by atoms with E-state index in [1.165, 1.54) is 0 Å². The highest BCUT2D eigenvalue weighted by molar-refractivity contribution is 6.33. The van der Waals surface area contributed by atoms with Crippen molar-refractivity contribution >= 4 is 34.6 Å². The highest BCUT2D eigenvalue weighted by Crippen LogP contribution is 2.27. The lowest BCUT2D eigenvalue weighted by molar-refractivity contribution is -0.0583. The number of rotatable bonds is 10. The third-order valence-corrected chi connectivity index (χ3v) is 5.50. The molecule has 0 fully saturated rings. The van der Waals surface area contributed by atoms with Gasteiger partial charge in [0.2, 0.25) is 0 Å². The van der Waals surface area contributed by atoms with Crippen LogP contribution in [0.2, 0.25) is 5.02 Å². The summed E-state index contributed by atoms with van der Waals surface area (Å²) in [6, 6.07) is 12.8. The molecule has 0 spiro atoms. The van der Waals surface area contributed by atoms with Crippen LogP contribution in [0.5, 0.6) is 0 Å². The van der Waals surface area contributed by atoms with Crippen molar-refractivity contribution in [3.63, 3.8) is 0 Å². The second-order valence-corrected chi connectivity index (χ2v) is 7.81. The summed E-state index contributed by atoms with van der Waals surface area (Å²) < 4.78 is 39.0. The van der Waals surface area contributed by atoms with Gasteiger partial charge in [0.15, 0.2) is 0 Å². The topological polar surface area (TPSA) is 59.4 Å². The maximum atomic E-state index is 13.0. The lowest BCUT2D eigenvalue weighted by Gasteiger charge is -2.23. The Bertz CT molecular complexity index is 986. The molecule has 0 radical (unpaired) electrons. The van der Waals surface area contributed by atoms with Gasteiger partial charge in [-0.3, -0.25) is 10.2 Å². The number of halogens is 4. The third kappa shape index (κ3) is 7.61. The third-order valence-electron chi connectivity index (χ3n) is 5.17. The maximum absolute atomic E-state index is 13.0. The van der Waals surface area contributed by atoms with Crippen LogP contribution in [0.3, 0.4) is 0 Å². The lowest BCUT2D eigenvalue weighted by atomic mass is 10.1. The second-order valence-electron chi connectivity index (χ2n) is 7.41. The van der Waals surface area contributed by atoms with Crippen LogP contribution in [0.4, 0.5) is 18.9 Å². The zero-order valence-electron chi connectivity index (χ0n) is 18.8. The van der Waals surface area contributed by atoms with Gasteiger partial charge in [-0.1, -0.05) is 49.7 Å². The number of alkyl halides is 3. The molecule has 1 amide bonds. The fourth-order valence-corrected chi connectivity index (χ4v) is 3.25. The SMILES string of the molecule is CCN(CC)CCN(C)C(=O)c1ccc(/C(=C/C(=N)C(F)(F)F)Nc2ccccc2Cl)cc1. The Morgan fingerprint density at radius 2 is 1.61 bits per heavy atom. The zero-order chi connectivity index (χ0) is 24.6. The smallest absolute Gasteiger partial charge is 0.354 e. The van der Waals surface area contributed by atoms with Crippen LogP contribution < -0.4 is 5.32 Å². The number of amides is 1. The molecule has 0 saturated carbocycles. The highest BCUT2D eigenvalue weighted by Gasteiger charge is 2.33. The molecule has 0 aliphatic rings. The number of allylic oxidation sites excluding steroid dienone is 1. The molecule has 178 valence electrons. The van der Waals surface area contributed by atoms with Crippen LogP contribution in [0.25, 0.3) is 5.70 Å². The van der Waals surface area contributed by atoms with Gasteiger partial charge in [0, 0.05) is 31.4 Å². The summed E-state index contributed by atoms with van der Waals surface area (Å²) in [4.78, 5) is 16.6. The number of hydrogen-bond donors (Lipinski definition) is 2. The molecular weight excluding hydrogens is 453 g/mol. The lowest BCUT2D eigenvalue weighted by Crippen LogP contribution is -2.36. The fourth-order valence-electron chi connectivity index (χ4n) is 3.07. The Labute approximate surface area is 197 Å². The number of anilines is 1. The first-order valence-corrected chi connectivity index (χ1v) is 10.9. The van der Waals surface area contributed by atoms with E-state index in [9.17, 15) is 18.0 Å². The minimum absolute atomic E-state index is 0.0410. The van der Waals surface area contributed by atoms with Crippen LogP contribution in [-0.2, 0) is 0 Å². The van der Waals surface area contributed by atoms with Crippen molar-refractivity contribution < 1.29 is 18.0 Å². The molecule has 0 atom stereocenters. The number of nitrogens with zero attached hydrogens (tertiary/aromatic N) is 2. The highest BCUT2D eigenvalue weighted by atomic mass is 35.5. The van der Waals surface area contributed by atoms with Gasteiger partial charge in [-0.25, -0.2) is 0 Å². The number of nitrogens with one attached hydrogen (secondary N) is 2. The van der Waals surface area contributed by atoms with Crippen molar-refractivity contribution in [2.45, 2.75) is 20.0 Å². The summed E-state index contributed by atoms with van der Waals surface area (Å²) in [5.41, 5.74) is -0.264. The van der Waals surface area contributed by atoms with Crippen molar-refractivity contribution in [3.8, 4) is 0 Å².